The number of anilines is 2. The van der Waals surface area contributed by atoms with Crippen LogP contribution in [0.3, 0.4) is 0 Å². The number of amides is 2. The zero-order valence-corrected chi connectivity index (χ0v) is 16.7. The Balaban J connectivity index is 1.68. The highest BCUT2D eigenvalue weighted by Gasteiger charge is 2.34. The van der Waals surface area contributed by atoms with Crippen LogP contribution in [0, 0.1) is 0 Å². The van der Waals surface area contributed by atoms with Gasteiger partial charge in [-0.15, -0.1) is 11.3 Å². The Labute approximate surface area is 161 Å². The van der Waals surface area contributed by atoms with Crippen LogP contribution in [-0.2, 0) is 14.1 Å². The molecule has 0 saturated carbocycles. The molecule has 1 fully saturated rings. The predicted octanol–water partition coefficient (Wildman–Crippen LogP) is 2.98. The first-order valence-electron chi connectivity index (χ1n) is 8.86. The Morgan fingerprint density at radius 3 is 2.48 bits per heavy atom. The van der Waals surface area contributed by atoms with Crippen molar-refractivity contribution in [1.29, 1.82) is 0 Å². The van der Waals surface area contributed by atoms with E-state index in [9.17, 15) is 9.59 Å². The van der Waals surface area contributed by atoms with Gasteiger partial charge in [0, 0.05) is 39.6 Å². The second-order valence-electron chi connectivity index (χ2n) is 7.10. The van der Waals surface area contributed by atoms with E-state index in [4.69, 9.17) is 0 Å². The van der Waals surface area contributed by atoms with Gasteiger partial charge in [0.05, 0.1) is 28.5 Å². The average Bonchev–Trinajstić information content (AvgIpc) is 3.17. The lowest BCUT2D eigenvalue weighted by molar-refractivity contribution is 0.128. The standard InChI is InChI=1S/C19H23N5O2S/c1-21(2)14-11-16-15(22(3)19(26)23(16)4)10-12(14)20-18(25)24-8-7-13(24)17-6-5-9-27-17/h5-6,9-11,13H,7-8H2,1-4H3,(H,20,25)/t13-/m0/s1. The summed E-state index contributed by atoms with van der Waals surface area (Å²) in [5.74, 6) is 0. The third-order valence-electron chi connectivity index (χ3n) is 5.26. The molecule has 3 heterocycles. The fourth-order valence-corrected chi connectivity index (χ4v) is 4.47. The summed E-state index contributed by atoms with van der Waals surface area (Å²) in [5.41, 5.74) is 3.12. The summed E-state index contributed by atoms with van der Waals surface area (Å²) in [6.45, 7) is 0.748. The number of imidazole rings is 1. The van der Waals surface area contributed by atoms with Gasteiger partial charge in [-0.2, -0.15) is 0 Å². The van der Waals surface area contributed by atoms with E-state index in [1.54, 1.807) is 34.6 Å². The van der Waals surface area contributed by atoms with Crippen molar-refractivity contribution in [1.82, 2.24) is 14.0 Å². The molecule has 2 aromatic heterocycles. The summed E-state index contributed by atoms with van der Waals surface area (Å²) >= 11 is 1.68. The van der Waals surface area contributed by atoms with E-state index in [1.165, 1.54) is 4.88 Å². The van der Waals surface area contributed by atoms with Crippen LogP contribution in [0.4, 0.5) is 16.2 Å². The number of aromatic nitrogens is 2. The van der Waals surface area contributed by atoms with Crippen LogP contribution in [0.2, 0.25) is 0 Å². The Bertz CT molecular complexity index is 1060. The van der Waals surface area contributed by atoms with Crippen LogP contribution in [0.25, 0.3) is 11.0 Å². The van der Waals surface area contributed by atoms with Gasteiger partial charge < -0.3 is 15.1 Å². The molecule has 0 bridgehead atoms. The van der Waals surface area contributed by atoms with Gasteiger partial charge in [0.15, 0.2) is 0 Å². The number of likely N-dealkylation sites (tertiary alicyclic amines) is 1. The van der Waals surface area contributed by atoms with Crippen LogP contribution in [0.5, 0.6) is 0 Å². The van der Waals surface area contributed by atoms with Crippen molar-refractivity contribution in [3.05, 3.63) is 45.0 Å². The lowest BCUT2D eigenvalue weighted by atomic mass is 10.0. The fraction of sp³-hybridized carbons (Fsp3) is 0.368. The maximum atomic E-state index is 12.9. The van der Waals surface area contributed by atoms with Gasteiger partial charge >= 0.3 is 11.7 Å². The summed E-state index contributed by atoms with van der Waals surface area (Å²) < 4.78 is 3.22. The topological polar surface area (TPSA) is 62.5 Å². The largest absolute Gasteiger partial charge is 0.376 e. The van der Waals surface area contributed by atoms with Gasteiger partial charge in [0.2, 0.25) is 0 Å². The molecule has 142 valence electrons. The van der Waals surface area contributed by atoms with Crippen molar-refractivity contribution in [3.63, 3.8) is 0 Å². The number of urea groups is 1. The molecular formula is C19H23N5O2S. The molecule has 1 aromatic carbocycles. The smallest absolute Gasteiger partial charge is 0.328 e. The first-order chi connectivity index (χ1) is 12.9. The van der Waals surface area contributed by atoms with E-state index in [-0.39, 0.29) is 17.8 Å². The SMILES string of the molecule is CN(C)c1cc2c(cc1NC(=O)N1CC[C@H]1c1cccs1)n(C)c(=O)n2C. The molecule has 0 spiro atoms. The van der Waals surface area contributed by atoms with Crippen molar-refractivity contribution < 1.29 is 4.79 Å². The number of hydrogen-bond donors (Lipinski definition) is 1. The number of nitrogens with zero attached hydrogens (tertiary/aromatic N) is 4. The van der Waals surface area contributed by atoms with Gasteiger partial charge in [0.25, 0.3) is 0 Å². The zero-order chi connectivity index (χ0) is 19.3. The molecule has 7 nitrogen and oxygen atoms in total. The molecular weight excluding hydrogens is 362 g/mol. The molecule has 4 rings (SSSR count). The quantitative estimate of drug-likeness (QED) is 0.754. The van der Waals surface area contributed by atoms with E-state index in [2.05, 4.69) is 11.4 Å². The molecule has 3 aromatic rings. The molecule has 1 aliphatic heterocycles. The van der Waals surface area contributed by atoms with Crippen LogP contribution in [0.15, 0.2) is 34.4 Å². The minimum atomic E-state index is -0.108. The minimum Gasteiger partial charge on any atom is -0.376 e. The van der Waals surface area contributed by atoms with Crippen molar-refractivity contribution >= 4 is 39.8 Å². The number of nitrogens with one attached hydrogen (secondary N) is 1. The normalized spacial score (nSPS) is 16.4. The Morgan fingerprint density at radius 1 is 1.22 bits per heavy atom. The third-order valence-corrected chi connectivity index (χ3v) is 6.24. The van der Waals surface area contributed by atoms with E-state index in [0.29, 0.717) is 5.69 Å². The number of benzene rings is 1. The Morgan fingerprint density at radius 2 is 1.93 bits per heavy atom. The van der Waals surface area contributed by atoms with Crippen LogP contribution >= 0.6 is 11.3 Å². The maximum absolute atomic E-state index is 12.9. The number of aryl methyl sites for hydroxylation is 2. The summed E-state index contributed by atoms with van der Waals surface area (Å²) in [5, 5.41) is 5.10. The number of thiophene rings is 1. The van der Waals surface area contributed by atoms with Crippen molar-refractivity contribution in [2.75, 3.05) is 30.9 Å². The molecule has 1 aliphatic rings. The van der Waals surface area contributed by atoms with Gasteiger partial charge in [-0.05, 0) is 30.0 Å². The first-order valence-corrected chi connectivity index (χ1v) is 9.74. The number of carbonyl (C=O) groups excluding carboxylic acids is 1. The first kappa shape index (κ1) is 17.7. The second-order valence-corrected chi connectivity index (χ2v) is 8.08. The van der Waals surface area contributed by atoms with Gasteiger partial charge in [-0.3, -0.25) is 9.13 Å². The van der Waals surface area contributed by atoms with E-state index in [0.717, 1.165) is 29.7 Å². The highest BCUT2D eigenvalue weighted by atomic mass is 32.1. The lowest BCUT2D eigenvalue weighted by Gasteiger charge is -2.40. The van der Waals surface area contributed by atoms with E-state index < -0.39 is 0 Å². The molecule has 1 N–H and O–H groups in total. The summed E-state index contributed by atoms with van der Waals surface area (Å²) in [6, 6.07) is 7.96. The molecule has 8 heteroatoms. The maximum Gasteiger partial charge on any atom is 0.328 e. The second kappa shape index (κ2) is 6.45. The van der Waals surface area contributed by atoms with E-state index >= 15 is 0 Å². The van der Waals surface area contributed by atoms with Gasteiger partial charge in [-0.25, -0.2) is 9.59 Å². The minimum absolute atomic E-state index is 0.0846. The monoisotopic (exact) mass is 385 g/mol. The number of fused-ring (bicyclic) bond motifs is 1. The predicted molar refractivity (Wildman–Crippen MR) is 110 cm³/mol. The third kappa shape index (κ3) is 2.80. The number of rotatable bonds is 3. The summed E-state index contributed by atoms with van der Waals surface area (Å²) in [7, 11) is 7.35. The van der Waals surface area contributed by atoms with Crippen molar-refractivity contribution in [2.24, 2.45) is 14.1 Å². The Hall–Kier alpha value is -2.74. The molecule has 27 heavy (non-hydrogen) atoms. The zero-order valence-electron chi connectivity index (χ0n) is 15.9. The van der Waals surface area contributed by atoms with Gasteiger partial charge in [-0.1, -0.05) is 6.07 Å². The fourth-order valence-electron chi connectivity index (χ4n) is 3.60. The summed E-state index contributed by atoms with van der Waals surface area (Å²) in [6.07, 6.45) is 0.987. The highest BCUT2D eigenvalue weighted by molar-refractivity contribution is 7.10. The van der Waals surface area contributed by atoms with Gasteiger partial charge in [0.1, 0.15) is 0 Å². The average molecular weight is 385 g/mol. The van der Waals surface area contributed by atoms with Crippen molar-refractivity contribution in [3.8, 4) is 0 Å². The molecule has 1 atom stereocenters. The lowest BCUT2D eigenvalue weighted by Crippen LogP contribution is -2.47. The highest BCUT2D eigenvalue weighted by Crippen LogP contribution is 2.37. The number of carbonyl (C=O) groups is 1. The molecule has 0 unspecified atom stereocenters. The summed E-state index contributed by atoms with van der Waals surface area (Å²) in [4.78, 5) is 30.2. The van der Waals surface area contributed by atoms with E-state index in [1.807, 2.05) is 47.5 Å². The molecule has 0 aliphatic carbocycles. The molecule has 2 amide bonds. The van der Waals surface area contributed by atoms with Crippen LogP contribution in [0.1, 0.15) is 17.3 Å². The number of hydrogen-bond acceptors (Lipinski definition) is 4. The van der Waals surface area contributed by atoms with Crippen LogP contribution in [-0.4, -0.2) is 40.7 Å². The molecule has 1 saturated heterocycles. The molecule has 0 radical (unpaired) electrons. The Kier molecular flexibility index (Phi) is 4.22. The van der Waals surface area contributed by atoms with Crippen molar-refractivity contribution in [2.45, 2.75) is 12.5 Å². The van der Waals surface area contributed by atoms with Crippen LogP contribution < -0.4 is 15.9 Å².